The summed E-state index contributed by atoms with van der Waals surface area (Å²) < 4.78 is 0. The van der Waals surface area contributed by atoms with Crippen LogP contribution in [-0.2, 0) is 0 Å². The molecule has 1 aromatic rings. The predicted molar refractivity (Wildman–Crippen MR) is 69.3 cm³/mol. The van der Waals surface area contributed by atoms with Crippen molar-refractivity contribution in [2.45, 2.75) is 11.3 Å². The van der Waals surface area contributed by atoms with E-state index in [0.717, 1.165) is 23.4 Å². The average molecular weight is 251 g/mol. The standard InChI is InChI=1S/C13H17NO2S/c1-17-12-5-3-2-4-11(12)13(16)14-7-6-10(8-14)9-15/h2-5,10,15H,6-9H2,1H3/t10-/m1/s1. The number of likely N-dealkylation sites (tertiary alicyclic amines) is 1. The zero-order chi connectivity index (χ0) is 12.3. The Hall–Kier alpha value is -1.00. The molecule has 2 rings (SSSR count). The van der Waals surface area contributed by atoms with E-state index in [0.29, 0.717) is 6.54 Å². The van der Waals surface area contributed by atoms with Gasteiger partial charge in [0.1, 0.15) is 0 Å². The Morgan fingerprint density at radius 3 is 2.94 bits per heavy atom. The number of nitrogens with zero attached hydrogens (tertiary/aromatic N) is 1. The summed E-state index contributed by atoms with van der Waals surface area (Å²) in [7, 11) is 0. The van der Waals surface area contributed by atoms with Crippen LogP contribution < -0.4 is 0 Å². The van der Waals surface area contributed by atoms with E-state index in [1.54, 1.807) is 11.8 Å². The zero-order valence-corrected chi connectivity index (χ0v) is 10.7. The topological polar surface area (TPSA) is 40.5 Å². The highest BCUT2D eigenvalue weighted by molar-refractivity contribution is 7.98. The van der Waals surface area contributed by atoms with Crippen molar-refractivity contribution >= 4 is 17.7 Å². The van der Waals surface area contributed by atoms with Gasteiger partial charge in [0.15, 0.2) is 0 Å². The van der Waals surface area contributed by atoms with Gasteiger partial charge in [0.2, 0.25) is 0 Å². The molecule has 1 saturated heterocycles. The Bertz CT molecular complexity index is 408. The summed E-state index contributed by atoms with van der Waals surface area (Å²) >= 11 is 1.59. The van der Waals surface area contributed by atoms with Crippen LogP contribution in [0.5, 0.6) is 0 Å². The molecule has 0 radical (unpaired) electrons. The fraction of sp³-hybridized carbons (Fsp3) is 0.462. The molecular formula is C13H17NO2S. The molecule has 1 N–H and O–H groups in total. The van der Waals surface area contributed by atoms with Crippen molar-refractivity contribution in [3.8, 4) is 0 Å². The first-order valence-electron chi connectivity index (χ1n) is 5.79. The third-order valence-electron chi connectivity index (χ3n) is 3.17. The van der Waals surface area contributed by atoms with Gasteiger partial charge in [0.25, 0.3) is 5.91 Å². The van der Waals surface area contributed by atoms with Gasteiger partial charge in [-0.25, -0.2) is 0 Å². The molecule has 0 bridgehead atoms. The number of carbonyl (C=O) groups is 1. The van der Waals surface area contributed by atoms with Crippen LogP contribution in [0.2, 0.25) is 0 Å². The summed E-state index contributed by atoms with van der Waals surface area (Å²) in [5.41, 5.74) is 0.776. The minimum atomic E-state index is 0.0888. The van der Waals surface area contributed by atoms with Crippen molar-refractivity contribution < 1.29 is 9.90 Å². The van der Waals surface area contributed by atoms with Gasteiger partial charge >= 0.3 is 0 Å². The molecule has 0 unspecified atom stereocenters. The molecule has 17 heavy (non-hydrogen) atoms. The van der Waals surface area contributed by atoms with Crippen molar-refractivity contribution in [2.75, 3.05) is 26.0 Å². The number of thioether (sulfide) groups is 1. The number of rotatable bonds is 3. The molecule has 1 heterocycles. The fourth-order valence-corrected chi connectivity index (χ4v) is 2.75. The first-order chi connectivity index (χ1) is 8.26. The second kappa shape index (κ2) is 5.56. The molecule has 1 aromatic carbocycles. The van der Waals surface area contributed by atoms with Gasteiger partial charge in [-0.05, 0) is 24.8 Å². The maximum atomic E-state index is 12.3. The Morgan fingerprint density at radius 2 is 2.29 bits per heavy atom. The van der Waals surface area contributed by atoms with Crippen molar-refractivity contribution in [2.24, 2.45) is 5.92 Å². The molecule has 0 aliphatic carbocycles. The molecule has 4 heteroatoms. The minimum Gasteiger partial charge on any atom is -0.396 e. The highest BCUT2D eigenvalue weighted by Gasteiger charge is 2.27. The van der Waals surface area contributed by atoms with Gasteiger partial charge in [-0.3, -0.25) is 4.79 Å². The average Bonchev–Trinajstić information content (AvgIpc) is 2.86. The smallest absolute Gasteiger partial charge is 0.254 e. The molecular weight excluding hydrogens is 234 g/mol. The summed E-state index contributed by atoms with van der Waals surface area (Å²) in [6.07, 6.45) is 2.89. The number of hydrogen-bond acceptors (Lipinski definition) is 3. The van der Waals surface area contributed by atoms with Crippen molar-refractivity contribution in [3.05, 3.63) is 29.8 Å². The number of carbonyl (C=O) groups excluding carboxylic acids is 1. The summed E-state index contributed by atoms with van der Waals surface area (Å²) in [6, 6.07) is 7.69. The molecule has 1 fully saturated rings. The van der Waals surface area contributed by atoms with E-state index >= 15 is 0 Å². The van der Waals surface area contributed by atoms with Crippen molar-refractivity contribution in [3.63, 3.8) is 0 Å². The van der Waals surface area contributed by atoms with E-state index in [4.69, 9.17) is 5.11 Å². The van der Waals surface area contributed by atoms with E-state index in [1.807, 2.05) is 35.4 Å². The van der Waals surface area contributed by atoms with Crippen LogP contribution >= 0.6 is 11.8 Å². The Labute approximate surface area is 106 Å². The molecule has 1 aliphatic rings. The maximum Gasteiger partial charge on any atom is 0.254 e. The monoisotopic (exact) mass is 251 g/mol. The summed E-state index contributed by atoms with van der Waals surface area (Å²) in [4.78, 5) is 15.2. The molecule has 1 amide bonds. The van der Waals surface area contributed by atoms with Gasteiger partial charge in [-0.2, -0.15) is 0 Å². The minimum absolute atomic E-state index is 0.0888. The third-order valence-corrected chi connectivity index (χ3v) is 3.96. The first kappa shape index (κ1) is 12.5. The lowest BCUT2D eigenvalue weighted by Gasteiger charge is -2.17. The van der Waals surface area contributed by atoms with Crippen LogP contribution in [0, 0.1) is 5.92 Å². The summed E-state index contributed by atoms with van der Waals surface area (Å²) in [5, 5.41) is 9.09. The van der Waals surface area contributed by atoms with E-state index in [2.05, 4.69) is 0 Å². The van der Waals surface area contributed by atoms with E-state index < -0.39 is 0 Å². The molecule has 92 valence electrons. The SMILES string of the molecule is CSc1ccccc1C(=O)N1CC[C@@H](CO)C1. The normalized spacial score (nSPS) is 19.6. The predicted octanol–water partition coefficient (Wildman–Crippen LogP) is 1.86. The lowest BCUT2D eigenvalue weighted by atomic mass is 10.1. The van der Waals surface area contributed by atoms with Crippen molar-refractivity contribution in [1.82, 2.24) is 4.90 Å². The Kier molecular flexibility index (Phi) is 4.07. The summed E-state index contributed by atoms with van der Waals surface area (Å²) in [5.74, 6) is 0.339. The maximum absolute atomic E-state index is 12.3. The number of amides is 1. The van der Waals surface area contributed by atoms with Gasteiger partial charge in [0, 0.05) is 30.5 Å². The molecule has 1 atom stereocenters. The number of aliphatic hydroxyl groups excluding tert-OH is 1. The summed E-state index contributed by atoms with van der Waals surface area (Å²) in [6.45, 7) is 1.61. The lowest BCUT2D eigenvalue weighted by Crippen LogP contribution is -2.29. The number of benzene rings is 1. The van der Waals surface area contributed by atoms with Crippen molar-refractivity contribution in [1.29, 1.82) is 0 Å². The fourth-order valence-electron chi connectivity index (χ4n) is 2.16. The lowest BCUT2D eigenvalue weighted by molar-refractivity contribution is 0.0778. The highest BCUT2D eigenvalue weighted by atomic mass is 32.2. The van der Waals surface area contributed by atoms with Gasteiger partial charge in [-0.1, -0.05) is 12.1 Å². The van der Waals surface area contributed by atoms with Crippen LogP contribution in [0.4, 0.5) is 0 Å². The van der Waals surface area contributed by atoms with Crippen LogP contribution in [0.15, 0.2) is 29.2 Å². The highest BCUT2D eigenvalue weighted by Crippen LogP contribution is 2.24. The number of hydrogen-bond donors (Lipinski definition) is 1. The molecule has 1 aliphatic heterocycles. The van der Waals surface area contributed by atoms with Crippen LogP contribution in [-0.4, -0.2) is 41.9 Å². The van der Waals surface area contributed by atoms with Gasteiger partial charge in [0.05, 0.1) is 5.56 Å². The number of aliphatic hydroxyl groups is 1. The molecule has 0 saturated carbocycles. The Balaban J connectivity index is 2.15. The molecule has 0 spiro atoms. The van der Waals surface area contributed by atoms with Crippen LogP contribution in [0.1, 0.15) is 16.8 Å². The van der Waals surface area contributed by atoms with Crippen LogP contribution in [0.25, 0.3) is 0 Å². The van der Waals surface area contributed by atoms with E-state index in [1.165, 1.54) is 0 Å². The molecule has 3 nitrogen and oxygen atoms in total. The first-order valence-corrected chi connectivity index (χ1v) is 7.02. The third kappa shape index (κ3) is 2.64. The van der Waals surface area contributed by atoms with Gasteiger partial charge in [-0.15, -0.1) is 11.8 Å². The van der Waals surface area contributed by atoms with E-state index in [-0.39, 0.29) is 18.4 Å². The van der Waals surface area contributed by atoms with Crippen LogP contribution in [0.3, 0.4) is 0 Å². The van der Waals surface area contributed by atoms with Gasteiger partial charge < -0.3 is 10.0 Å². The second-order valence-electron chi connectivity index (χ2n) is 4.29. The largest absolute Gasteiger partial charge is 0.396 e. The van der Waals surface area contributed by atoms with E-state index in [9.17, 15) is 4.79 Å². The zero-order valence-electron chi connectivity index (χ0n) is 9.93. The Morgan fingerprint density at radius 1 is 1.53 bits per heavy atom. The molecule has 0 aromatic heterocycles. The quantitative estimate of drug-likeness (QED) is 0.834. The second-order valence-corrected chi connectivity index (χ2v) is 5.14.